The van der Waals surface area contributed by atoms with E-state index in [0.717, 1.165) is 10.8 Å². The lowest BCUT2D eigenvalue weighted by Gasteiger charge is -2.08. The second kappa shape index (κ2) is 5.27. The van der Waals surface area contributed by atoms with E-state index in [1.807, 2.05) is 24.3 Å². The molecule has 5 heteroatoms. The third-order valence-corrected chi connectivity index (χ3v) is 3.09. The van der Waals surface area contributed by atoms with Crippen molar-refractivity contribution in [1.82, 2.24) is 9.97 Å². The molecule has 0 aliphatic rings. The molecule has 3 aromatic rings. The lowest BCUT2D eigenvalue weighted by molar-refractivity contribution is 0.102. The average Bonchev–Trinajstić information content (AvgIpc) is 2.47. The molecule has 2 aromatic heterocycles. The van der Waals surface area contributed by atoms with Crippen LogP contribution in [0.4, 0.5) is 5.69 Å². The summed E-state index contributed by atoms with van der Waals surface area (Å²) in [6.07, 6.45) is 3.43. The molecule has 0 atom stereocenters. The van der Waals surface area contributed by atoms with Gasteiger partial charge in [-0.05, 0) is 29.7 Å². The highest BCUT2D eigenvalue weighted by molar-refractivity contribution is 6.29. The van der Waals surface area contributed by atoms with Crippen molar-refractivity contribution in [3.63, 3.8) is 0 Å². The van der Waals surface area contributed by atoms with Crippen LogP contribution in [0.3, 0.4) is 0 Å². The molecule has 0 spiro atoms. The summed E-state index contributed by atoms with van der Waals surface area (Å²) < 4.78 is 0. The van der Waals surface area contributed by atoms with Gasteiger partial charge in [-0.3, -0.25) is 9.78 Å². The van der Waals surface area contributed by atoms with Gasteiger partial charge in [0.15, 0.2) is 0 Å². The van der Waals surface area contributed by atoms with E-state index in [2.05, 4.69) is 15.3 Å². The van der Waals surface area contributed by atoms with Crippen molar-refractivity contribution in [2.75, 3.05) is 5.32 Å². The van der Waals surface area contributed by atoms with Crippen molar-refractivity contribution < 1.29 is 4.79 Å². The molecule has 98 valence electrons. The number of nitrogens with zero attached hydrogens (tertiary/aromatic N) is 2. The van der Waals surface area contributed by atoms with Crippen LogP contribution in [0.25, 0.3) is 10.8 Å². The van der Waals surface area contributed by atoms with Crippen LogP contribution in [0, 0.1) is 0 Å². The predicted molar refractivity (Wildman–Crippen MR) is 78.9 cm³/mol. The van der Waals surface area contributed by atoms with Gasteiger partial charge in [0.25, 0.3) is 5.91 Å². The Kier molecular flexibility index (Phi) is 3.31. The molecule has 1 N–H and O–H groups in total. The van der Waals surface area contributed by atoms with E-state index in [1.165, 1.54) is 0 Å². The van der Waals surface area contributed by atoms with Gasteiger partial charge in [-0.15, -0.1) is 0 Å². The molecular formula is C15H10ClN3O. The fourth-order valence-corrected chi connectivity index (χ4v) is 2.11. The number of pyridine rings is 2. The molecule has 20 heavy (non-hydrogen) atoms. The normalized spacial score (nSPS) is 10.4. The monoisotopic (exact) mass is 283 g/mol. The maximum atomic E-state index is 12.2. The molecular weight excluding hydrogens is 274 g/mol. The lowest BCUT2D eigenvalue weighted by Crippen LogP contribution is -2.13. The van der Waals surface area contributed by atoms with Crippen LogP contribution in [0.1, 0.15) is 10.5 Å². The molecule has 1 amide bonds. The largest absolute Gasteiger partial charge is 0.320 e. The number of nitrogens with one attached hydrogen (secondary N) is 1. The number of halogens is 1. The van der Waals surface area contributed by atoms with E-state index in [1.54, 1.807) is 30.6 Å². The molecule has 0 aliphatic heterocycles. The standard InChI is InChI=1S/C15H10ClN3O/c16-14-6-2-5-13(18-14)15(20)19-12-4-1-3-10-7-8-17-9-11(10)12/h1-9H,(H,19,20). The Balaban J connectivity index is 1.95. The van der Waals surface area contributed by atoms with Crippen LogP contribution in [0.5, 0.6) is 0 Å². The molecule has 2 heterocycles. The Morgan fingerprint density at radius 1 is 1.10 bits per heavy atom. The summed E-state index contributed by atoms with van der Waals surface area (Å²) in [5, 5.41) is 5.01. The Morgan fingerprint density at radius 3 is 2.80 bits per heavy atom. The van der Waals surface area contributed by atoms with Crippen molar-refractivity contribution >= 4 is 34.0 Å². The van der Waals surface area contributed by atoms with Crippen LogP contribution >= 0.6 is 11.6 Å². The molecule has 0 aliphatic carbocycles. The highest BCUT2D eigenvalue weighted by Gasteiger charge is 2.09. The summed E-state index contributed by atoms with van der Waals surface area (Å²) in [5.41, 5.74) is 0.973. The van der Waals surface area contributed by atoms with E-state index in [-0.39, 0.29) is 16.8 Å². The molecule has 0 radical (unpaired) electrons. The second-order valence-corrected chi connectivity index (χ2v) is 4.59. The number of hydrogen-bond donors (Lipinski definition) is 1. The summed E-state index contributed by atoms with van der Waals surface area (Å²) in [6, 6.07) is 12.5. The Hall–Kier alpha value is -2.46. The summed E-state index contributed by atoms with van der Waals surface area (Å²) in [4.78, 5) is 20.2. The van der Waals surface area contributed by atoms with Crippen molar-refractivity contribution in [3.8, 4) is 0 Å². The zero-order valence-corrected chi connectivity index (χ0v) is 11.1. The first kappa shape index (κ1) is 12.6. The fourth-order valence-electron chi connectivity index (χ4n) is 1.94. The van der Waals surface area contributed by atoms with Crippen LogP contribution < -0.4 is 5.32 Å². The quantitative estimate of drug-likeness (QED) is 0.732. The van der Waals surface area contributed by atoms with Gasteiger partial charge in [0.1, 0.15) is 10.8 Å². The zero-order valence-electron chi connectivity index (χ0n) is 10.4. The van der Waals surface area contributed by atoms with E-state index in [4.69, 9.17) is 11.6 Å². The van der Waals surface area contributed by atoms with Gasteiger partial charge in [0, 0.05) is 17.8 Å². The van der Waals surface area contributed by atoms with Crippen LogP contribution in [-0.4, -0.2) is 15.9 Å². The van der Waals surface area contributed by atoms with Crippen molar-refractivity contribution in [3.05, 3.63) is 65.7 Å². The van der Waals surface area contributed by atoms with Crippen LogP contribution in [-0.2, 0) is 0 Å². The van der Waals surface area contributed by atoms with E-state index in [0.29, 0.717) is 5.69 Å². The van der Waals surface area contributed by atoms with Crippen molar-refractivity contribution in [1.29, 1.82) is 0 Å². The number of carbonyl (C=O) groups excluding carboxylic acids is 1. The van der Waals surface area contributed by atoms with Gasteiger partial charge in [0.05, 0.1) is 5.69 Å². The Morgan fingerprint density at radius 2 is 1.95 bits per heavy atom. The van der Waals surface area contributed by atoms with E-state index < -0.39 is 0 Å². The Labute approximate surface area is 120 Å². The number of carbonyl (C=O) groups is 1. The minimum Gasteiger partial charge on any atom is -0.320 e. The number of anilines is 1. The fraction of sp³-hybridized carbons (Fsp3) is 0. The van der Waals surface area contributed by atoms with Crippen LogP contribution in [0.2, 0.25) is 5.15 Å². The molecule has 4 nitrogen and oxygen atoms in total. The molecule has 3 rings (SSSR count). The number of fused-ring (bicyclic) bond motifs is 1. The van der Waals surface area contributed by atoms with Gasteiger partial charge in [-0.1, -0.05) is 29.8 Å². The number of benzene rings is 1. The van der Waals surface area contributed by atoms with E-state index in [9.17, 15) is 4.79 Å². The topological polar surface area (TPSA) is 54.9 Å². The first-order valence-corrected chi connectivity index (χ1v) is 6.38. The van der Waals surface area contributed by atoms with Gasteiger partial charge in [0.2, 0.25) is 0 Å². The van der Waals surface area contributed by atoms with Crippen molar-refractivity contribution in [2.45, 2.75) is 0 Å². The SMILES string of the molecule is O=C(Nc1cccc2ccncc12)c1cccc(Cl)n1. The minimum absolute atomic E-state index is 0.276. The molecule has 1 aromatic carbocycles. The predicted octanol–water partition coefficient (Wildman–Crippen LogP) is 3.54. The number of amides is 1. The maximum absolute atomic E-state index is 12.2. The van der Waals surface area contributed by atoms with Crippen LogP contribution in [0.15, 0.2) is 54.9 Å². The smallest absolute Gasteiger partial charge is 0.274 e. The van der Waals surface area contributed by atoms with Gasteiger partial charge < -0.3 is 5.32 Å². The molecule has 0 bridgehead atoms. The lowest BCUT2D eigenvalue weighted by atomic mass is 10.1. The molecule has 0 unspecified atom stereocenters. The van der Waals surface area contributed by atoms with E-state index >= 15 is 0 Å². The van der Waals surface area contributed by atoms with Gasteiger partial charge in [-0.25, -0.2) is 4.98 Å². The van der Waals surface area contributed by atoms with Gasteiger partial charge >= 0.3 is 0 Å². The molecule has 0 fully saturated rings. The maximum Gasteiger partial charge on any atom is 0.274 e. The number of hydrogen-bond acceptors (Lipinski definition) is 3. The van der Waals surface area contributed by atoms with Gasteiger partial charge in [-0.2, -0.15) is 0 Å². The highest BCUT2D eigenvalue weighted by atomic mass is 35.5. The third kappa shape index (κ3) is 2.46. The zero-order chi connectivity index (χ0) is 13.9. The highest BCUT2D eigenvalue weighted by Crippen LogP contribution is 2.22. The number of rotatable bonds is 2. The Bertz CT molecular complexity index is 783. The third-order valence-electron chi connectivity index (χ3n) is 2.88. The molecule has 0 saturated carbocycles. The molecule has 0 saturated heterocycles. The minimum atomic E-state index is -0.302. The summed E-state index contributed by atoms with van der Waals surface area (Å²) in [6.45, 7) is 0. The first-order valence-electron chi connectivity index (χ1n) is 6.01. The summed E-state index contributed by atoms with van der Waals surface area (Å²) >= 11 is 5.79. The second-order valence-electron chi connectivity index (χ2n) is 4.20. The average molecular weight is 284 g/mol. The van der Waals surface area contributed by atoms with Crippen molar-refractivity contribution in [2.24, 2.45) is 0 Å². The summed E-state index contributed by atoms with van der Waals surface area (Å²) in [5.74, 6) is -0.302. The first-order chi connectivity index (χ1) is 9.74. The summed E-state index contributed by atoms with van der Waals surface area (Å²) in [7, 11) is 0. The number of aromatic nitrogens is 2.